The van der Waals surface area contributed by atoms with Gasteiger partial charge in [0.05, 0.1) is 6.04 Å². The van der Waals surface area contributed by atoms with E-state index in [1.54, 1.807) is 6.07 Å². The maximum atomic E-state index is 9.49. The smallest absolute Gasteiger partial charge is 0.115 e. The van der Waals surface area contributed by atoms with Gasteiger partial charge in [0.25, 0.3) is 0 Å². The molecule has 1 aliphatic carbocycles. The zero-order chi connectivity index (χ0) is 12.5. The fourth-order valence-electron chi connectivity index (χ4n) is 2.69. The Morgan fingerprint density at radius 3 is 2.89 bits per heavy atom. The van der Waals surface area contributed by atoms with E-state index in [1.165, 1.54) is 22.4 Å². The van der Waals surface area contributed by atoms with Gasteiger partial charge in [0, 0.05) is 5.69 Å². The summed E-state index contributed by atoms with van der Waals surface area (Å²) in [6.07, 6.45) is 2.12. The van der Waals surface area contributed by atoms with Crippen molar-refractivity contribution >= 4 is 5.69 Å². The summed E-state index contributed by atoms with van der Waals surface area (Å²) < 4.78 is 0. The highest BCUT2D eigenvalue weighted by Gasteiger charge is 2.22. The Bertz CT molecular complexity index is 577. The molecule has 92 valence electrons. The molecule has 0 fully saturated rings. The van der Waals surface area contributed by atoms with Crippen LogP contribution in [0.15, 0.2) is 42.5 Å². The van der Waals surface area contributed by atoms with Crippen LogP contribution in [0.4, 0.5) is 5.69 Å². The number of anilines is 1. The van der Waals surface area contributed by atoms with Gasteiger partial charge in [0.15, 0.2) is 0 Å². The average molecular weight is 239 g/mol. The fraction of sp³-hybridized carbons (Fsp3) is 0.250. The Labute approximate surface area is 107 Å². The zero-order valence-electron chi connectivity index (χ0n) is 10.5. The molecule has 0 bridgehead atoms. The van der Waals surface area contributed by atoms with Gasteiger partial charge in [-0.05, 0) is 60.7 Å². The first-order chi connectivity index (χ1) is 8.72. The Balaban J connectivity index is 1.85. The van der Waals surface area contributed by atoms with Crippen LogP contribution in [0.5, 0.6) is 5.75 Å². The second kappa shape index (κ2) is 4.37. The van der Waals surface area contributed by atoms with Crippen molar-refractivity contribution in [2.24, 2.45) is 0 Å². The van der Waals surface area contributed by atoms with Crippen molar-refractivity contribution in [2.75, 3.05) is 5.32 Å². The average Bonchev–Trinajstić information content (AvgIpc) is 2.72. The van der Waals surface area contributed by atoms with E-state index in [4.69, 9.17) is 0 Å². The molecular weight excluding hydrogens is 222 g/mol. The number of benzene rings is 2. The van der Waals surface area contributed by atoms with Crippen LogP contribution >= 0.6 is 0 Å². The van der Waals surface area contributed by atoms with Crippen molar-refractivity contribution in [3.8, 4) is 5.75 Å². The summed E-state index contributed by atoms with van der Waals surface area (Å²) >= 11 is 0. The summed E-state index contributed by atoms with van der Waals surface area (Å²) in [4.78, 5) is 0. The predicted molar refractivity (Wildman–Crippen MR) is 74.0 cm³/mol. The Morgan fingerprint density at radius 2 is 2.06 bits per heavy atom. The topological polar surface area (TPSA) is 32.3 Å². The second-order valence-electron chi connectivity index (χ2n) is 4.99. The molecule has 0 saturated carbocycles. The first-order valence-electron chi connectivity index (χ1n) is 6.37. The first-order valence-corrected chi connectivity index (χ1v) is 6.37. The monoisotopic (exact) mass is 239 g/mol. The molecule has 0 radical (unpaired) electrons. The molecule has 0 amide bonds. The summed E-state index contributed by atoms with van der Waals surface area (Å²) in [6.45, 7) is 2.10. The number of phenols is 1. The minimum absolute atomic E-state index is 0.363. The molecule has 1 atom stereocenters. The van der Waals surface area contributed by atoms with Crippen molar-refractivity contribution in [3.63, 3.8) is 0 Å². The number of nitrogens with one attached hydrogen (secondary N) is 1. The fourth-order valence-corrected chi connectivity index (χ4v) is 2.69. The number of rotatable bonds is 2. The molecule has 2 aromatic rings. The van der Waals surface area contributed by atoms with E-state index in [2.05, 4.69) is 36.5 Å². The van der Waals surface area contributed by atoms with Gasteiger partial charge in [-0.1, -0.05) is 18.2 Å². The summed E-state index contributed by atoms with van der Waals surface area (Å²) in [6, 6.07) is 14.5. The van der Waals surface area contributed by atoms with Gasteiger partial charge in [-0.3, -0.25) is 0 Å². The number of phenolic OH excluding ortho intramolecular Hbond substituents is 1. The largest absolute Gasteiger partial charge is 0.508 e. The SMILES string of the molecule is Cc1cccc(NC2CCc3cc(O)ccc32)c1. The third-order valence-electron chi connectivity index (χ3n) is 3.56. The predicted octanol–water partition coefficient (Wildman–Crippen LogP) is 3.80. The molecule has 2 heteroatoms. The van der Waals surface area contributed by atoms with E-state index in [0.29, 0.717) is 11.8 Å². The summed E-state index contributed by atoms with van der Waals surface area (Å²) in [7, 11) is 0. The lowest BCUT2D eigenvalue weighted by Crippen LogP contribution is -2.06. The van der Waals surface area contributed by atoms with E-state index in [-0.39, 0.29) is 0 Å². The minimum atomic E-state index is 0.363. The summed E-state index contributed by atoms with van der Waals surface area (Å²) in [5.74, 6) is 0.366. The van der Waals surface area contributed by atoms with Crippen molar-refractivity contribution < 1.29 is 5.11 Å². The number of aryl methyl sites for hydroxylation is 2. The van der Waals surface area contributed by atoms with Crippen LogP contribution in [0.25, 0.3) is 0 Å². The molecule has 2 aromatic carbocycles. The normalized spacial score (nSPS) is 17.5. The number of hydrogen-bond acceptors (Lipinski definition) is 2. The molecule has 0 aliphatic heterocycles. The number of aromatic hydroxyl groups is 1. The second-order valence-corrected chi connectivity index (χ2v) is 4.99. The molecule has 0 aromatic heterocycles. The van der Waals surface area contributed by atoms with Gasteiger partial charge in [-0.2, -0.15) is 0 Å². The summed E-state index contributed by atoms with van der Waals surface area (Å²) in [5, 5.41) is 13.1. The minimum Gasteiger partial charge on any atom is -0.508 e. The molecular formula is C16H17NO. The standard InChI is InChI=1S/C16H17NO/c1-11-3-2-4-13(9-11)17-16-8-5-12-10-14(18)6-7-15(12)16/h2-4,6-7,9-10,16-18H,5,8H2,1H3. The van der Waals surface area contributed by atoms with Crippen LogP contribution in [0, 0.1) is 6.92 Å². The summed E-state index contributed by atoms with van der Waals surface area (Å²) in [5.41, 5.74) is 5.01. The zero-order valence-corrected chi connectivity index (χ0v) is 10.5. The van der Waals surface area contributed by atoms with Crippen molar-refractivity contribution in [1.82, 2.24) is 0 Å². The van der Waals surface area contributed by atoms with Gasteiger partial charge in [-0.15, -0.1) is 0 Å². The van der Waals surface area contributed by atoms with E-state index in [0.717, 1.165) is 12.8 Å². The van der Waals surface area contributed by atoms with Gasteiger partial charge in [-0.25, -0.2) is 0 Å². The molecule has 2 N–H and O–H groups in total. The Kier molecular flexibility index (Phi) is 2.71. The maximum absolute atomic E-state index is 9.49. The van der Waals surface area contributed by atoms with Gasteiger partial charge in [0.1, 0.15) is 5.75 Å². The lowest BCUT2D eigenvalue weighted by atomic mass is 10.1. The molecule has 2 nitrogen and oxygen atoms in total. The molecule has 18 heavy (non-hydrogen) atoms. The highest BCUT2D eigenvalue weighted by molar-refractivity contribution is 5.50. The molecule has 1 aliphatic rings. The van der Waals surface area contributed by atoms with Crippen molar-refractivity contribution in [1.29, 1.82) is 0 Å². The Hall–Kier alpha value is -1.96. The quantitative estimate of drug-likeness (QED) is 0.835. The molecule has 0 heterocycles. The van der Waals surface area contributed by atoms with Crippen LogP contribution in [0.3, 0.4) is 0 Å². The van der Waals surface area contributed by atoms with E-state index >= 15 is 0 Å². The van der Waals surface area contributed by atoms with E-state index in [1.807, 2.05) is 12.1 Å². The molecule has 3 rings (SSSR count). The number of fused-ring (bicyclic) bond motifs is 1. The van der Waals surface area contributed by atoms with Gasteiger partial charge in [0.2, 0.25) is 0 Å². The van der Waals surface area contributed by atoms with Crippen LogP contribution in [-0.2, 0) is 6.42 Å². The van der Waals surface area contributed by atoms with E-state index < -0.39 is 0 Å². The maximum Gasteiger partial charge on any atom is 0.115 e. The van der Waals surface area contributed by atoms with Crippen molar-refractivity contribution in [3.05, 3.63) is 59.2 Å². The lowest BCUT2D eigenvalue weighted by molar-refractivity contribution is 0.474. The molecule has 0 spiro atoms. The van der Waals surface area contributed by atoms with Crippen molar-refractivity contribution in [2.45, 2.75) is 25.8 Å². The molecule has 1 unspecified atom stereocenters. The number of hydrogen-bond donors (Lipinski definition) is 2. The van der Waals surface area contributed by atoms with Gasteiger partial charge < -0.3 is 10.4 Å². The highest BCUT2D eigenvalue weighted by atomic mass is 16.3. The van der Waals surface area contributed by atoms with Crippen LogP contribution in [-0.4, -0.2) is 5.11 Å². The van der Waals surface area contributed by atoms with Gasteiger partial charge >= 0.3 is 0 Å². The van der Waals surface area contributed by atoms with Crippen LogP contribution < -0.4 is 5.32 Å². The third kappa shape index (κ3) is 2.06. The first kappa shape index (κ1) is 11.1. The molecule has 0 saturated heterocycles. The van der Waals surface area contributed by atoms with E-state index in [9.17, 15) is 5.11 Å². The highest BCUT2D eigenvalue weighted by Crippen LogP contribution is 2.35. The Morgan fingerprint density at radius 1 is 1.17 bits per heavy atom. The lowest BCUT2D eigenvalue weighted by Gasteiger charge is -2.16. The van der Waals surface area contributed by atoms with Crippen LogP contribution in [0.1, 0.15) is 29.2 Å². The van der Waals surface area contributed by atoms with Crippen LogP contribution in [0.2, 0.25) is 0 Å². The third-order valence-corrected chi connectivity index (χ3v) is 3.56.